The summed E-state index contributed by atoms with van der Waals surface area (Å²) in [6.07, 6.45) is -0.532. The van der Waals surface area contributed by atoms with Gasteiger partial charge in [0.05, 0.1) is 5.69 Å². The summed E-state index contributed by atoms with van der Waals surface area (Å²) in [7, 11) is 1.71. The first-order valence-electron chi connectivity index (χ1n) is 7.42. The quantitative estimate of drug-likeness (QED) is 0.927. The van der Waals surface area contributed by atoms with Crippen LogP contribution >= 0.6 is 0 Å². The summed E-state index contributed by atoms with van der Waals surface area (Å²) in [5, 5.41) is 2.85. The second-order valence-corrected chi connectivity index (χ2v) is 5.66. The van der Waals surface area contributed by atoms with Crippen LogP contribution in [0.4, 0.5) is 11.4 Å². The van der Waals surface area contributed by atoms with Gasteiger partial charge >= 0.3 is 0 Å². The SMILES string of the molecule is Cc1cccc(C(=O)Nc2ccc3c(c2)OC(C)C(=O)N3C)c1. The van der Waals surface area contributed by atoms with Crippen molar-refractivity contribution in [1.82, 2.24) is 0 Å². The molecule has 0 aliphatic carbocycles. The largest absolute Gasteiger partial charge is 0.479 e. The molecule has 1 N–H and O–H groups in total. The van der Waals surface area contributed by atoms with Crippen LogP contribution in [-0.2, 0) is 4.79 Å². The maximum absolute atomic E-state index is 12.3. The molecule has 2 aromatic carbocycles. The lowest BCUT2D eigenvalue weighted by Gasteiger charge is -2.30. The molecular formula is C18H18N2O3. The van der Waals surface area contributed by atoms with Crippen molar-refractivity contribution in [1.29, 1.82) is 0 Å². The molecule has 0 saturated heterocycles. The van der Waals surface area contributed by atoms with Crippen LogP contribution < -0.4 is 15.0 Å². The summed E-state index contributed by atoms with van der Waals surface area (Å²) in [6.45, 7) is 3.65. The van der Waals surface area contributed by atoms with Crippen molar-refractivity contribution in [2.75, 3.05) is 17.3 Å². The first kappa shape index (κ1) is 15.1. The Hall–Kier alpha value is -2.82. The standard InChI is InChI=1S/C18H18N2O3/c1-11-5-4-6-13(9-11)17(21)19-14-7-8-15-16(10-14)23-12(2)18(22)20(15)3/h4-10,12H,1-3H3,(H,19,21). The molecular weight excluding hydrogens is 292 g/mol. The average Bonchev–Trinajstić information content (AvgIpc) is 2.52. The minimum absolute atomic E-state index is 0.0888. The molecule has 0 fully saturated rings. The van der Waals surface area contributed by atoms with Gasteiger partial charge in [-0.1, -0.05) is 17.7 Å². The fraction of sp³-hybridized carbons (Fsp3) is 0.222. The highest BCUT2D eigenvalue weighted by atomic mass is 16.5. The van der Waals surface area contributed by atoms with Gasteiger partial charge in [-0.05, 0) is 38.1 Å². The van der Waals surface area contributed by atoms with E-state index in [4.69, 9.17) is 4.74 Å². The Balaban J connectivity index is 1.84. The zero-order chi connectivity index (χ0) is 16.6. The van der Waals surface area contributed by atoms with E-state index in [0.29, 0.717) is 22.7 Å². The van der Waals surface area contributed by atoms with Crippen LogP contribution in [0.3, 0.4) is 0 Å². The van der Waals surface area contributed by atoms with Gasteiger partial charge in [0.2, 0.25) is 0 Å². The number of carbonyl (C=O) groups excluding carboxylic acids is 2. The number of likely N-dealkylation sites (N-methyl/N-ethyl adjacent to an activating group) is 1. The number of fused-ring (bicyclic) bond motifs is 1. The molecule has 0 spiro atoms. The molecule has 2 aromatic rings. The first-order chi connectivity index (χ1) is 11.0. The van der Waals surface area contributed by atoms with Gasteiger partial charge in [0.25, 0.3) is 11.8 Å². The van der Waals surface area contributed by atoms with E-state index >= 15 is 0 Å². The number of carbonyl (C=O) groups is 2. The maximum atomic E-state index is 12.3. The summed E-state index contributed by atoms with van der Waals surface area (Å²) in [6, 6.07) is 12.7. The topological polar surface area (TPSA) is 58.6 Å². The molecule has 0 aromatic heterocycles. The van der Waals surface area contributed by atoms with Gasteiger partial charge in [-0.15, -0.1) is 0 Å². The molecule has 0 saturated carbocycles. The summed E-state index contributed by atoms with van der Waals surface area (Å²) >= 11 is 0. The van der Waals surface area contributed by atoms with E-state index in [0.717, 1.165) is 5.56 Å². The molecule has 2 amide bonds. The van der Waals surface area contributed by atoms with Crippen molar-refractivity contribution in [3.05, 3.63) is 53.6 Å². The highest BCUT2D eigenvalue weighted by molar-refractivity contribution is 6.05. The minimum atomic E-state index is -0.532. The summed E-state index contributed by atoms with van der Waals surface area (Å²) in [4.78, 5) is 25.8. The van der Waals surface area contributed by atoms with Crippen molar-refractivity contribution in [2.45, 2.75) is 20.0 Å². The number of nitrogens with zero attached hydrogens (tertiary/aromatic N) is 1. The number of amides is 2. The van der Waals surface area contributed by atoms with E-state index in [-0.39, 0.29) is 11.8 Å². The van der Waals surface area contributed by atoms with Crippen LogP contribution in [0.1, 0.15) is 22.8 Å². The normalized spacial score (nSPS) is 16.6. The molecule has 3 rings (SSSR count). The van der Waals surface area contributed by atoms with Crippen LogP contribution in [0.15, 0.2) is 42.5 Å². The Morgan fingerprint density at radius 2 is 2.00 bits per heavy atom. The van der Waals surface area contributed by atoms with E-state index in [1.54, 1.807) is 43.1 Å². The van der Waals surface area contributed by atoms with Gasteiger partial charge in [-0.3, -0.25) is 9.59 Å². The van der Waals surface area contributed by atoms with Gasteiger partial charge in [0.15, 0.2) is 6.10 Å². The van der Waals surface area contributed by atoms with Gasteiger partial charge in [-0.2, -0.15) is 0 Å². The maximum Gasteiger partial charge on any atom is 0.267 e. The number of rotatable bonds is 2. The fourth-order valence-electron chi connectivity index (χ4n) is 2.59. The van der Waals surface area contributed by atoms with Crippen LogP contribution in [-0.4, -0.2) is 25.0 Å². The zero-order valence-electron chi connectivity index (χ0n) is 13.3. The van der Waals surface area contributed by atoms with Crippen molar-refractivity contribution in [3.63, 3.8) is 0 Å². The van der Waals surface area contributed by atoms with Gasteiger partial charge in [0, 0.05) is 24.4 Å². The lowest BCUT2D eigenvalue weighted by molar-refractivity contribution is -0.125. The van der Waals surface area contributed by atoms with Crippen molar-refractivity contribution in [3.8, 4) is 5.75 Å². The van der Waals surface area contributed by atoms with Gasteiger partial charge < -0.3 is 15.0 Å². The molecule has 1 unspecified atom stereocenters. The fourth-order valence-corrected chi connectivity index (χ4v) is 2.59. The molecule has 5 nitrogen and oxygen atoms in total. The number of ether oxygens (including phenoxy) is 1. The van der Waals surface area contributed by atoms with Crippen molar-refractivity contribution < 1.29 is 14.3 Å². The van der Waals surface area contributed by atoms with Gasteiger partial charge in [0.1, 0.15) is 5.75 Å². The minimum Gasteiger partial charge on any atom is -0.479 e. The predicted octanol–water partition coefficient (Wildman–Crippen LogP) is 2.99. The first-order valence-corrected chi connectivity index (χ1v) is 7.42. The zero-order valence-corrected chi connectivity index (χ0v) is 13.3. The number of hydrogen-bond donors (Lipinski definition) is 1. The van der Waals surface area contributed by atoms with E-state index < -0.39 is 6.10 Å². The Labute approximate surface area is 134 Å². The predicted molar refractivity (Wildman–Crippen MR) is 89.1 cm³/mol. The van der Waals surface area contributed by atoms with E-state index in [1.165, 1.54) is 0 Å². The van der Waals surface area contributed by atoms with Crippen LogP contribution in [0.2, 0.25) is 0 Å². The molecule has 0 radical (unpaired) electrons. The monoisotopic (exact) mass is 310 g/mol. The number of benzene rings is 2. The molecule has 23 heavy (non-hydrogen) atoms. The number of anilines is 2. The molecule has 118 valence electrons. The lowest BCUT2D eigenvalue weighted by Crippen LogP contribution is -2.41. The summed E-state index contributed by atoms with van der Waals surface area (Å²) < 4.78 is 5.62. The third-order valence-electron chi connectivity index (χ3n) is 3.84. The van der Waals surface area contributed by atoms with Crippen LogP contribution in [0.5, 0.6) is 5.75 Å². The molecule has 0 bridgehead atoms. The molecule has 1 heterocycles. The second-order valence-electron chi connectivity index (χ2n) is 5.66. The van der Waals surface area contributed by atoms with Crippen LogP contribution in [0, 0.1) is 6.92 Å². The molecule has 5 heteroatoms. The Kier molecular flexibility index (Phi) is 3.78. The molecule has 1 aliphatic rings. The Morgan fingerprint density at radius 3 is 2.74 bits per heavy atom. The highest BCUT2D eigenvalue weighted by Crippen LogP contribution is 2.35. The Morgan fingerprint density at radius 1 is 1.22 bits per heavy atom. The average molecular weight is 310 g/mol. The van der Waals surface area contributed by atoms with Crippen molar-refractivity contribution in [2.24, 2.45) is 0 Å². The van der Waals surface area contributed by atoms with Crippen LogP contribution in [0.25, 0.3) is 0 Å². The van der Waals surface area contributed by atoms with E-state index in [2.05, 4.69) is 5.32 Å². The second kappa shape index (κ2) is 5.76. The summed E-state index contributed by atoms with van der Waals surface area (Å²) in [5.74, 6) is 0.317. The molecule has 1 atom stereocenters. The highest BCUT2D eigenvalue weighted by Gasteiger charge is 2.28. The van der Waals surface area contributed by atoms with Gasteiger partial charge in [-0.25, -0.2) is 0 Å². The van der Waals surface area contributed by atoms with E-state index in [1.807, 2.05) is 25.1 Å². The summed E-state index contributed by atoms with van der Waals surface area (Å²) in [5.41, 5.74) is 2.96. The number of aryl methyl sites for hydroxylation is 1. The van der Waals surface area contributed by atoms with E-state index in [9.17, 15) is 9.59 Å². The third-order valence-corrected chi connectivity index (χ3v) is 3.84. The number of hydrogen-bond acceptors (Lipinski definition) is 3. The number of nitrogens with one attached hydrogen (secondary N) is 1. The third kappa shape index (κ3) is 2.90. The Bertz CT molecular complexity index is 786. The smallest absolute Gasteiger partial charge is 0.267 e. The molecule has 1 aliphatic heterocycles. The van der Waals surface area contributed by atoms with Crippen molar-refractivity contribution >= 4 is 23.2 Å². The lowest BCUT2D eigenvalue weighted by atomic mass is 10.1.